The highest BCUT2D eigenvalue weighted by molar-refractivity contribution is 5.02. The molecular weight excluding hydrogens is 212 g/mol. The zero-order valence-corrected chi connectivity index (χ0v) is 10.8. The first kappa shape index (κ1) is 11.9. The molecule has 1 heterocycles. The first-order valence-electron chi connectivity index (χ1n) is 7.47. The van der Waals surface area contributed by atoms with Gasteiger partial charge in [-0.05, 0) is 32.1 Å². The van der Waals surface area contributed by atoms with Gasteiger partial charge in [0.15, 0.2) is 0 Å². The van der Waals surface area contributed by atoms with Crippen molar-refractivity contribution in [3.63, 3.8) is 0 Å². The SMILES string of the molecule is OC1CCCC1N1CCNCC12CCCCC2. The second kappa shape index (κ2) is 4.87. The molecule has 3 nitrogen and oxygen atoms in total. The fraction of sp³-hybridized carbons (Fsp3) is 1.00. The largest absolute Gasteiger partial charge is 0.391 e. The Morgan fingerprint density at radius 1 is 1.06 bits per heavy atom. The average Bonchev–Trinajstić information content (AvgIpc) is 2.77. The van der Waals surface area contributed by atoms with E-state index in [2.05, 4.69) is 10.2 Å². The molecule has 1 spiro atoms. The Morgan fingerprint density at radius 3 is 2.59 bits per heavy atom. The third-order valence-corrected chi connectivity index (χ3v) is 5.22. The highest BCUT2D eigenvalue weighted by Gasteiger charge is 2.45. The van der Waals surface area contributed by atoms with Crippen LogP contribution in [0.25, 0.3) is 0 Å². The predicted molar refractivity (Wildman–Crippen MR) is 69.0 cm³/mol. The maximum absolute atomic E-state index is 10.2. The van der Waals surface area contributed by atoms with Crippen LogP contribution in [0.3, 0.4) is 0 Å². The molecule has 2 atom stereocenters. The van der Waals surface area contributed by atoms with E-state index in [1.807, 2.05) is 0 Å². The lowest BCUT2D eigenvalue weighted by molar-refractivity contribution is -0.0412. The summed E-state index contributed by atoms with van der Waals surface area (Å²) in [6.07, 6.45) is 10.2. The molecule has 0 aromatic heterocycles. The van der Waals surface area contributed by atoms with E-state index in [0.29, 0.717) is 11.6 Å². The number of hydrogen-bond acceptors (Lipinski definition) is 3. The van der Waals surface area contributed by atoms with Gasteiger partial charge in [0.05, 0.1) is 6.10 Å². The summed E-state index contributed by atoms with van der Waals surface area (Å²) in [6, 6.07) is 0.454. The van der Waals surface area contributed by atoms with Gasteiger partial charge in [-0.2, -0.15) is 0 Å². The van der Waals surface area contributed by atoms with Crippen LogP contribution in [-0.4, -0.2) is 47.3 Å². The van der Waals surface area contributed by atoms with Gasteiger partial charge in [-0.15, -0.1) is 0 Å². The zero-order chi connectivity index (χ0) is 11.7. The summed E-state index contributed by atoms with van der Waals surface area (Å²) in [6.45, 7) is 3.39. The molecule has 1 aliphatic heterocycles. The maximum atomic E-state index is 10.2. The third-order valence-electron chi connectivity index (χ3n) is 5.22. The molecule has 3 rings (SSSR count). The molecule has 2 saturated carbocycles. The molecule has 0 bridgehead atoms. The van der Waals surface area contributed by atoms with Crippen LogP contribution < -0.4 is 5.32 Å². The van der Waals surface area contributed by atoms with Gasteiger partial charge in [0.25, 0.3) is 0 Å². The average molecular weight is 238 g/mol. The fourth-order valence-corrected chi connectivity index (χ4v) is 4.34. The molecule has 0 aromatic rings. The predicted octanol–water partition coefficient (Wildman–Crippen LogP) is 1.51. The molecule has 0 aromatic carbocycles. The molecule has 2 aliphatic carbocycles. The lowest BCUT2D eigenvalue weighted by Crippen LogP contribution is -2.65. The summed E-state index contributed by atoms with van der Waals surface area (Å²) in [4.78, 5) is 2.69. The molecule has 17 heavy (non-hydrogen) atoms. The van der Waals surface area contributed by atoms with E-state index in [1.54, 1.807) is 0 Å². The van der Waals surface area contributed by atoms with Gasteiger partial charge in [-0.25, -0.2) is 0 Å². The minimum Gasteiger partial charge on any atom is -0.391 e. The zero-order valence-electron chi connectivity index (χ0n) is 10.8. The summed E-state index contributed by atoms with van der Waals surface area (Å²) < 4.78 is 0. The monoisotopic (exact) mass is 238 g/mol. The quantitative estimate of drug-likeness (QED) is 0.727. The highest BCUT2D eigenvalue weighted by Crippen LogP contribution is 2.39. The Bertz CT molecular complexity index is 255. The lowest BCUT2D eigenvalue weighted by atomic mass is 9.78. The molecule has 3 heteroatoms. The molecule has 3 fully saturated rings. The van der Waals surface area contributed by atoms with E-state index in [9.17, 15) is 5.11 Å². The topological polar surface area (TPSA) is 35.5 Å². The van der Waals surface area contributed by atoms with Gasteiger partial charge < -0.3 is 10.4 Å². The second-order valence-electron chi connectivity index (χ2n) is 6.22. The summed E-state index contributed by atoms with van der Waals surface area (Å²) in [5.41, 5.74) is 0.381. The van der Waals surface area contributed by atoms with Gasteiger partial charge in [-0.3, -0.25) is 4.90 Å². The normalized spacial score (nSPS) is 38.6. The van der Waals surface area contributed by atoms with E-state index in [1.165, 1.54) is 44.9 Å². The number of hydrogen-bond donors (Lipinski definition) is 2. The van der Waals surface area contributed by atoms with Crippen LogP contribution in [0, 0.1) is 0 Å². The highest BCUT2D eigenvalue weighted by atomic mass is 16.3. The summed E-state index contributed by atoms with van der Waals surface area (Å²) in [7, 11) is 0. The van der Waals surface area contributed by atoms with Crippen molar-refractivity contribution in [1.82, 2.24) is 10.2 Å². The molecular formula is C14H26N2O. The summed E-state index contributed by atoms with van der Waals surface area (Å²) in [5.74, 6) is 0. The van der Waals surface area contributed by atoms with Crippen molar-refractivity contribution in [1.29, 1.82) is 0 Å². The van der Waals surface area contributed by atoms with Crippen molar-refractivity contribution >= 4 is 0 Å². The van der Waals surface area contributed by atoms with Gasteiger partial charge in [-0.1, -0.05) is 19.3 Å². The number of aliphatic hydroxyl groups excluding tert-OH is 1. The van der Waals surface area contributed by atoms with Crippen molar-refractivity contribution in [2.75, 3.05) is 19.6 Å². The van der Waals surface area contributed by atoms with Gasteiger partial charge in [0, 0.05) is 31.2 Å². The van der Waals surface area contributed by atoms with E-state index >= 15 is 0 Å². The number of nitrogens with one attached hydrogen (secondary N) is 1. The van der Waals surface area contributed by atoms with Crippen LogP contribution in [0.2, 0.25) is 0 Å². The van der Waals surface area contributed by atoms with Crippen LogP contribution in [0.1, 0.15) is 51.4 Å². The standard InChI is InChI=1S/C14H26N2O/c17-13-6-4-5-12(13)16-10-9-15-11-14(16)7-2-1-3-8-14/h12-13,15,17H,1-11H2. The molecule has 98 valence electrons. The Kier molecular flexibility index (Phi) is 3.42. The van der Waals surface area contributed by atoms with Crippen LogP contribution in [-0.2, 0) is 0 Å². The smallest absolute Gasteiger partial charge is 0.0695 e. The van der Waals surface area contributed by atoms with Crippen molar-refractivity contribution in [2.45, 2.75) is 69.1 Å². The van der Waals surface area contributed by atoms with E-state index in [0.717, 1.165) is 26.1 Å². The number of nitrogens with zero attached hydrogens (tertiary/aromatic N) is 1. The van der Waals surface area contributed by atoms with Crippen molar-refractivity contribution in [2.24, 2.45) is 0 Å². The van der Waals surface area contributed by atoms with Crippen molar-refractivity contribution in [3.8, 4) is 0 Å². The molecule has 0 radical (unpaired) electrons. The molecule has 2 N–H and O–H groups in total. The fourth-order valence-electron chi connectivity index (χ4n) is 4.34. The second-order valence-corrected chi connectivity index (χ2v) is 6.22. The Morgan fingerprint density at radius 2 is 1.88 bits per heavy atom. The minimum absolute atomic E-state index is 0.0631. The molecule has 1 saturated heterocycles. The molecule has 3 aliphatic rings. The van der Waals surface area contributed by atoms with Gasteiger partial charge >= 0.3 is 0 Å². The number of rotatable bonds is 1. The first-order chi connectivity index (χ1) is 8.32. The number of piperazine rings is 1. The summed E-state index contributed by atoms with van der Waals surface area (Å²) >= 11 is 0. The van der Waals surface area contributed by atoms with Crippen LogP contribution in [0.15, 0.2) is 0 Å². The Balaban J connectivity index is 1.79. The first-order valence-corrected chi connectivity index (χ1v) is 7.47. The summed E-state index contributed by atoms with van der Waals surface area (Å²) in [5, 5.41) is 13.8. The Labute approximate surface area is 105 Å². The van der Waals surface area contributed by atoms with Gasteiger partial charge in [0.1, 0.15) is 0 Å². The van der Waals surface area contributed by atoms with Crippen molar-refractivity contribution < 1.29 is 5.11 Å². The van der Waals surface area contributed by atoms with E-state index < -0.39 is 0 Å². The van der Waals surface area contributed by atoms with E-state index in [-0.39, 0.29) is 6.10 Å². The lowest BCUT2D eigenvalue weighted by Gasteiger charge is -2.53. The van der Waals surface area contributed by atoms with E-state index in [4.69, 9.17) is 0 Å². The van der Waals surface area contributed by atoms with Crippen LogP contribution >= 0.6 is 0 Å². The van der Waals surface area contributed by atoms with Crippen LogP contribution in [0.5, 0.6) is 0 Å². The maximum Gasteiger partial charge on any atom is 0.0695 e. The van der Waals surface area contributed by atoms with Crippen LogP contribution in [0.4, 0.5) is 0 Å². The molecule has 0 amide bonds. The third kappa shape index (κ3) is 2.13. The van der Waals surface area contributed by atoms with Gasteiger partial charge in [0.2, 0.25) is 0 Å². The minimum atomic E-state index is -0.0631. The number of aliphatic hydroxyl groups is 1. The van der Waals surface area contributed by atoms with Crippen molar-refractivity contribution in [3.05, 3.63) is 0 Å². The molecule has 2 unspecified atom stereocenters. The Hall–Kier alpha value is -0.120.